The van der Waals surface area contributed by atoms with Gasteiger partial charge < -0.3 is 16.1 Å². The number of hydrogen-bond donors (Lipinski definition) is 1. The monoisotopic (exact) mass is 182 g/mol. The van der Waals surface area contributed by atoms with E-state index in [2.05, 4.69) is 0 Å². The van der Waals surface area contributed by atoms with Crippen LogP contribution in [0.25, 0.3) is 0 Å². The molecule has 0 amide bonds. The predicted molar refractivity (Wildman–Crippen MR) is 54.5 cm³/mol. The summed E-state index contributed by atoms with van der Waals surface area (Å²) < 4.78 is 0. The van der Waals surface area contributed by atoms with Gasteiger partial charge in [-0.25, -0.2) is 0 Å². The van der Waals surface area contributed by atoms with Crippen molar-refractivity contribution < 1.29 is 16.1 Å². The number of aliphatic hydroxyl groups is 1. The molecule has 4 heteroatoms. The maximum atomic E-state index is 8.56. The molecule has 0 unspecified atom stereocenters. The van der Waals surface area contributed by atoms with E-state index in [1.807, 2.05) is 24.3 Å². The van der Waals surface area contributed by atoms with E-state index in [1.165, 1.54) is 5.56 Å². The van der Waals surface area contributed by atoms with Crippen molar-refractivity contribution >= 4 is 13.3 Å². The molecule has 1 aromatic carbocycles. The topological polar surface area (TPSA) is 83.2 Å². The highest BCUT2D eigenvalue weighted by Gasteiger charge is 1.90. The Hall–Kier alpha value is -0.835. The van der Waals surface area contributed by atoms with Crippen molar-refractivity contribution in [3.8, 4) is 0 Å². The molecule has 0 aliphatic carbocycles. The largest absolute Gasteiger partial charge is 0.412 e. The first-order valence-electron chi connectivity index (χ1n) is 3.78. The van der Waals surface area contributed by atoms with Crippen molar-refractivity contribution in [3.63, 3.8) is 0 Å². The zero-order valence-corrected chi connectivity index (χ0v) is 7.46. The van der Waals surface area contributed by atoms with Crippen molar-refractivity contribution in [2.24, 2.45) is 0 Å². The molecule has 72 valence electrons. The molecule has 3 nitrogen and oxygen atoms in total. The average Bonchev–Trinajstić information content (AvgIpc) is 2.04. The smallest absolute Gasteiger partial charge is 0.113 e. The lowest BCUT2D eigenvalue weighted by Gasteiger charge is -1.98. The first kappa shape index (κ1) is 14.7. The fourth-order valence-electron chi connectivity index (χ4n) is 0.967. The van der Waals surface area contributed by atoms with Crippen molar-refractivity contribution in [2.75, 3.05) is 6.61 Å². The van der Waals surface area contributed by atoms with Gasteiger partial charge >= 0.3 is 0 Å². The van der Waals surface area contributed by atoms with Gasteiger partial charge in [-0.05, 0) is 18.4 Å². The Morgan fingerprint density at radius 3 is 2.08 bits per heavy atom. The number of rotatable bonds is 3. The van der Waals surface area contributed by atoms with Crippen LogP contribution in [0.5, 0.6) is 0 Å². The zero-order valence-electron chi connectivity index (χ0n) is 7.46. The Morgan fingerprint density at radius 2 is 1.62 bits per heavy atom. The maximum Gasteiger partial charge on any atom is 0.113 e. The first-order valence-corrected chi connectivity index (χ1v) is 3.78. The molecule has 0 saturated heterocycles. The van der Waals surface area contributed by atoms with Crippen molar-refractivity contribution in [3.05, 3.63) is 29.8 Å². The van der Waals surface area contributed by atoms with Gasteiger partial charge in [0.25, 0.3) is 0 Å². The van der Waals surface area contributed by atoms with Gasteiger partial charge in [-0.2, -0.15) is 0 Å². The third-order valence-corrected chi connectivity index (χ3v) is 1.60. The average molecular weight is 182 g/mol. The van der Waals surface area contributed by atoms with Gasteiger partial charge in [0.05, 0.1) is 0 Å². The molecule has 0 bridgehead atoms. The van der Waals surface area contributed by atoms with E-state index in [0.29, 0.717) is 0 Å². The fourth-order valence-corrected chi connectivity index (χ4v) is 0.967. The van der Waals surface area contributed by atoms with Crippen molar-refractivity contribution in [1.82, 2.24) is 0 Å². The summed E-state index contributed by atoms with van der Waals surface area (Å²) in [6.45, 7) is 0.254. The summed E-state index contributed by atoms with van der Waals surface area (Å²) in [6.07, 6.45) is 1.75. The quantitative estimate of drug-likeness (QED) is 0.582. The summed E-state index contributed by atoms with van der Waals surface area (Å²) >= 11 is 0. The van der Waals surface area contributed by atoms with E-state index in [-0.39, 0.29) is 17.6 Å². The second kappa shape index (κ2) is 7.80. The van der Waals surface area contributed by atoms with Crippen LogP contribution in [0.4, 0.5) is 0 Å². The van der Waals surface area contributed by atoms with Crippen LogP contribution in [0.2, 0.25) is 0 Å². The molecule has 0 aliphatic heterocycles. The van der Waals surface area contributed by atoms with Crippen LogP contribution in [0.15, 0.2) is 24.3 Å². The highest BCUT2D eigenvalue weighted by atomic mass is 16.2. The lowest BCUT2D eigenvalue weighted by molar-refractivity contribution is 0.288. The zero-order chi connectivity index (χ0) is 8.10. The lowest BCUT2D eigenvalue weighted by atomic mass is 9.94. The number of aliphatic hydroxyl groups excluding tert-OH is 1. The molecular formula is C9H15BO3. The summed E-state index contributed by atoms with van der Waals surface area (Å²) in [6, 6.07) is 7.75. The molecule has 13 heavy (non-hydrogen) atoms. The molecule has 0 aromatic heterocycles. The second-order valence-electron chi connectivity index (χ2n) is 2.57. The number of benzene rings is 1. The molecule has 1 rings (SSSR count). The Kier molecular flexibility index (Phi) is 8.80. The third-order valence-electron chi connectivity index (χ3n) is 1.60. The standard InChI is InChI=1S/C9H11BO.2H2O/c10-9-5-3-8(4-6-9)2-1-7-11;;/h3-6,11H,1-2,7H2;2*1H2. The van der Waals surface area contributed by atoms with Gasteiger partial charge in [0, 0.05) is 6.61 Å². The lowest BCUT2D eigenvalue weighted by Crippen LogP contribution is -2.00. The Bertz CT molecular complexity index is 211. The first-order chi connectivity index (χ1) is 5.33. The van der Waals surface area contributed by atoms with E-state index in [4.69, 9.17) is 13.0 Å². The maximum absolute atomic E-state index is 8.56. The van der Waals surface area contributed by atoms with Crippen LogP contribution in [0.1, 0.15) is 12.0 Å². The van der Waals surface area contributed by atoms with Crippen LogP contribution < -0.4 is 5.46 Å². The molecule has 1 aromatic rings. The van der Waals surface area contributed by atoms with Gasteiger partial charge in [-0.3, -0.25) is 0 Å². The van der Waals surface area contributed by atoms with Crippen molar-refractivity contribution in [1.29, 1.82) is 0 Å². The summed E-state index contributed by atoms with van der Waals surface area (Å²) in [5.41, 5.74) is 2.02. The van der Waals surface area contributed by atoms with Gasteiger partial charge in [0.1, 0.15) is 7.85 Å². The molecule has 0 saturated carbocycles. The van der Waals surface area contributed by atoms with Crippen LogP contribution in [-0.4, -0.2) is 30.5 Å². The summed E-state index contributed by atoms with van der Waals surface area (Å²) in [5, 5.41) is 8.56. The molecule has 0 aliphatic rings. The van der Waals surface area contributed by atoms with Gasteiger partial charge in [-0.1, -0.05) is 29.7 Å². The molecule has 0 fully saturated rings. The van der Waals surface area contributed by atoms with E-state index >= 15 is 0 Å². The minimum Gasteiger partial charge on any atom is -0.412 e. The van der Waals surface area contributed by atoms with E-state index in [9.17, 15) is 0 Å². The summed E-state index contributed by atoms with van der Waals surface area (Å²) in [5.74, 6) is 0. The second-order valence-corrected chi connectivity index (χ2v) is 2.57. The number of hydrogen-bond acceptors (Lipinski definition) is 1. The van der Waals surface area contributed by atoms with E-state index < -0.39 is 0 Å². The van der Waals surface area contributed by atoms with Gasteiger partial charge in [0.2, 0.25) is 0 Å². The molecule has 5 N–H and O–H groups in total. The Balaban J connectivity index is 0. The summed E-state index contributed by atoms with van der Waals surface area (Å²) in [4.78, 5) is 0. The SMILES string of the molecule is O.O.[B]c1ccc(CCCO)cc1. The normalized spacial score (nSPS) is 8.38. The molecule has 0 heterocycles. The van der Waals surface area contributed by atoms with Crippen LogP contribution in [0, 0.1) is 0 Å². The minimum absolute atomic E-state index is 0. The van der Waals surface area contributed by atoms with Crippen molar-refractivity contribution in [2.45, 2.75) is 12.8 Å². The highest BCUT2D eigenvalue weighted by Crippen LogP contribution is 1.99. The molecule has 0 atom stereocenters. The summed E-state index contributed by atoms with van der Waals surface area (Å²) in [7, 11) is 5.51. The highest BCUT2D eigenvalue weighted by molar-refractivity contribution is 6.32. The van der Waals surface area contributed by atoms with Crippen LogP contribution >= 0.6 is 0 Å². The third kappa shape index (κ3) is 5.41. The van der Waals surface area contributed by atoms with E-state index in [0.717, 1.165) is 18.3 Å². The fraction of sp³-hybridized carbons (Fsp3) is 0.333. The minimum atomic E-state index is 0. The van der Waals surface area contributed by atoms with Crippen LogP contribution in [0.3, 0.4) is 0 Å². The van der Waals surface area contributed by atoms with Crippen LogP contribution in [-0.2, 0) is 6.42 Å². The Labute approximate surface area is 79.4 Å². The molecule has 2 radical (unpaired) electrons. The number of aryl methyl sites for hydroxylation is 1. The molecule has 0 spiro atoms. The van der Waals surface area contributed by atoms with Gasteiger partial charge in [0.15, 0.2) is 0 Å². The Morgan fingerprint density at radius 1 is 1.08 bits per heavy atom. The van der Waals surface area contributed by atoms with E-state index in [1.54, 1.807) is 0 Å². The predicted octanol–water partition coefficient (Wildman–Crippen LogP) is -1.24. The molecular weight excluding hydrogens is 167 g/mol. The van der Waals surface area contributed by atoms with Gasteiger partial charge in [-0.15, -0.1) is 0 Å².